The van der Waals surface area contributed by atoms with Crippen molar-refractivity contribution in [3.05, 3.63) is 54.1 Å². The minimum atomic E-state index is -0.367. The Morgan fingerprint density at radius 2 is 2.00 bits per heavy atom. The van der Waals surface area contributed by atoms with E-state index in [4.69, 9.17) is 4.74 Å². The first-order chi connectivity index (χ1) is 15.1. The zero-order chi connectivity index (χ0) is 21.4. The van der Waals surface area contributed by atoms with Crippen LogP contribution >= 0.6 is 0 Å². The first kappa shape index (κ1) is 19.9. The Labute approximate surface area is 180 Å². The number of rotatable bonds is 8. The van der Waals surface area contributed by atoms with Gasteiger partial charge in [-0.25, -0.2) is 14.4 Å². The number of hydrogen-bond acceptors (Lipinski definition) is 5. The largest absolute Gasteiger partial charge is 0.375 e. The summed E-state index contributed by atoms with van der Waals surface area (Å²) in [5.41, 5.74) is 2.99. The van der Waals surface area contributed by atoms with Crippen LogP contribution in [-0.2, 0) is 16.1 Å². The Balaban J connectivity index is 1.47. The Bertz CT molecular complexity index is 1130. The molecule has 3 aromatic rings. The second-order valence-corrected chi connectivity index (χ2v) is 8.38. The Hall–Kier alpha value is -3.06. The molecule has 31 heavy (non-hydrogen) atoms. The molecule has 5 rings (SSSR count). The summed E-state index contributed by atoms with van der Waals surface area (Å²) in [4.78, 5) is 22.8. The predicted molar refractivity (Wildman–Crippen MR) is 117 cm³/mol. The molecule has 160 valence electrons. The van der Waals surface area contributed by atoms with Crippen LogP contribution in [0.1, 0.15) is 31.2 Å². The summed E-state index contributed by atoms with van der Waals surface area (Å²) in [6, 6.07) is 12.1. The molecule has 0 bridgehead atoms. The number of benzene rings is 2. The van der Waals surface area contributed by atoms with E-state index in [9.17, 15) is 9.18 Å². The van der Waals surface area contributed by atoms with Crippen molar-refractivity contribution in [2.24, 2.45) is 0 Å². The third-order valence-electron chi connectivity index (χ3n) is 5.80. The number of nitrogens with one attached hydrogen (secondary N) is 1. The zero-order valence-corrected chi connectivity index (χ0v) is 17.5. The SMILES string of the molecule is COCC(=O)N(Cc1cccc(-c2cc(F)c3ncnc(NC4CC4)c3c2)c1)C1CC1. The van der Waals surface area contributed by atoms with E-state index in [0.717, 1.165) is 42.4 Å². The van der Waals surface area contributed by atoms with E-state index >= 15 is 0 Å². The maximum atomic E-state index is 14.9. The molecule has 2 aliphatic carbocycles. The minimum Gasteiger partial charge on any atom is -0.375 e. The molecule has 6 nitrogen and oxygen atoms in total. The highest BCUT2D eigenvalue weighted by atomic mass is 19.1. The summed E-state index contributed by atoms with van der Waals surface area (Å²) >= 11 is 0. The van der Waals surface area contributed by atoms with E-state index in [-0.39, 0.29) is 24.4 Å². The highest BCUT2D eigenvalue weighted by Gasteiger charge is 2.32. The van der Waals surface area contributed by atoms with Crippen molar-refractivity contribution in [3.8, 4) is 11.1 Å². The molecule has 0 radical (unpaired) electrons. The maximum Gasteiger partial charge on any atom is 0.249 e. The molecular weight excluding hydrogens is 395 g/mol. The quantitative estimate of drug-likeness (QED) is 0.593. The van der Waals surface area contributed by atoms with Crippen molar-refractivity contribution in [1.82, 2.24) is 14.9 Å². The molecule has 0 aliphatic heterocycles. The molecule has 0 spiro atoms. The molecule has 0 saturated heterocycles. The lowest BCUT2D eigenvalue weighted by molar-refractivity contribution is -0.136. The standard InChI is InChI=1S/C24H25FN4O2/c1-31-13-22(30)29(19-7-8-19)12-15-3-2-4-16(9-15)17-10-20-23(21(25)11-17)26-14-27-24(20)28-18-5-6-18/h2-4,9-11,14,18-19H,5-8,12-13H2,1H3,(H,26,27,28). The van der Waals surface area contributed by atoms with Crippen LogP contribution in [-0.4, -0.2) is 46.6 Å². The highest BCUT2D eigenvalue weighted by molar-refractivity contribution is 5.93. The van der Waals surface area contributed by atoms with E-state index in [1.54, 1.807) is 0 Å². The fraction of sp³-hybridized carbons (Fsp3) is 0.375. The normalized spacial score (nSPS) is 15.8. The van der Waals surface area contributed by atoms with Crippen LogP contribution in [0.4, 0.5) is 10.2 Å². The third-order valence-corrected chi connectivity index (χ3v) is 5.80. The van der Waals surface area contributed by atoms with E-state index in [0.29, 0.717) is 29.3 Å². The molecule has 2 aromatic carbocycles. The molecule has 1 heterocycles. The van der Waals surface area contributed by atoms with Gasteiger partial charge in [0.15, 0.2) is 0 Å². The Kier molecular flexibility index (Phi) is 5.28. The molecule has 1 N–H and O–H groups in total. The lowest BCUT2D eigenvalue weighted by Gasteiger charge is -2.22. The van der Waals surface area contributed by atoms with E-state index in [1.165, 1.54) is 19.5 Å². The van der Waals surface area contributed by atoms with Crippen molar-refractivity contribution < 1.29 is 13.9 Å². The van der Waals surface area contributed by atoms with Gasteiger partial charge in [0.1, 0.15) is 30.1 Å². The number of aromatic nitrogens is 2. The van der Waals surface area contributed by atoms with Gasteiger partial charge in [-0.05, 0) is 60.6 Å². The number of nitrogens with zero attached hydrogens (tertiary/aromatic N) is 3. The molecule has 0 unspecified atom stereocenters. The first-order valence-corrected chi connectivity index (χ1v) is 10.7. The van der Waals surface area contributed by atoms with Gasteiger partial charge in [-0.2, -0.15) is 0 Å². The molecule has 1 amide bonds. The summed E-state index contributed by atoms with van der Waals surface area (Å²) in [5, 5.41) is 4.06. The smallest absolute Gasteiger partial charge is 0.249 e. The van der Waals surface area contributed by atoms with E-state index in [2.05, 4.69) is 15.3 Å². The lowest BCUT2D eigenvalue weighted by atomic mass is 10.0. The first-order valence-electron chi connectivity index (χ1n) is 10.7. The van der Waals surface area contributed by atoms with Gasteiger partial charge in [-0.15, -0.1) is 0 Å². The van der Waals surface area contributed by atoms with Crippen molar-refractivity contribution in [3.63, 3.8) is 0 Å². The number of halogens is 1. The van der Waals surface area contributed by atoms with Gasteiger partial charge in [0.05, 0.1) is 0 Å². The summed E-state index contributed by atoms with van der Waals surface area (Å²) in [6.07, 6.45) is 5.67. The fourth-order valence-electron chi connectivity index (χ4n) is 3.89. The molecule has 1 aromatic heterocycles. The van der Waals surface area contributed by atoms with E-state index < -0.39 is 0 Å². The average molecular weight is 420 g/mol. The number of carbonyl (C=O) groups is 1. The van der Waals surface area contributed by atoms with Crippen LogP contribution in [0.3, 0.4) is 0 Å². The van der Waals surface area contributed by atoms with Gasteiger partial charge in [0.2, 0.25) is 5.91 Å². The molecule has 2 fully saturated rings. The number of methoxy groups -OCH3 is 1. The Morgan fingerprint density at radius 3 is 2.74 bits per heavy atom. The summed E-state index contributed by atoms with van der Waals surface area (Å²) in [5.74, 6) is 0.309. The van der Waals surface area contributed by atoms with Gasteiger partial charge in [0.25, 0.3) is 0 Å². The van der Waals surface area contributed by atoms with Crippen LogP contribution in [0.25, 0.3) is 22.0 Å². The minimum absolute atomic E-state index is 0.0000866. The maximum absolute atomic E-state index is 14.9. The number of carbonyl (C=O) groups excluding carboxylic acids is 1. The van der Waals surface area contributed by atoms with Crippen LogP contribution in [0.2, 0.25) is 0 Å². The molecule has 2 saturated carbocycles. The predicted octanol–water partition coefficient (Wildman–Crippen LogP) is 4.15. The number of hydrogen-bond donors (Lipinski definition) is 1. The van der Waals surface area contributed by atoms with Crippen LogP contribution in [0.5, 0.6) is 0 Å². The fourth-order valence-corrected chi connectivity index (χ4v) is 3.89. The molecule has 0 atom stereocenters. The highest BCUT2D eigenvalue weighted by Crippen LogP contribution is 2.33. The van der Waals surface area contributed by atoms with Crippen molar-refractivity contribution in [2.45, 2.75) is 44.3 Å². The molecule has 7 heteroatoms. The summed E-state index contributed by atoms with van der Waals surface area (Å²) in [6.45, 7) is 0.608. The van der Waals surface area contributed by atoms with Gasteiger partial charge in [-0.1, -0.05) is 18.2 Å². The Morgan fingerprint density at radius 1 is 1.16 bits per heavy atom. The van der Waals surface area contributed by atoms with Gasteiger partial charge >= 0.3 is 0 Å². The monoisotopic (exact) mass is 420 g/mol. The molecule has 2 aliphatic rings. The van der Waals surface area contributed by atoms with Crippen molar-refractivity contribution in [1.29, 1.82) is 0 Å². The van der Waals surface area contributed by atoms with Crippen LogP contribution < -0.4 is 5.32 Å². The number of fused-ring (bicyclic) bond motifs is 1. The van der Waals surface area contributed by atoms with Gasteiger partial charge in [0, 0.05) is 31.1 Å². The number of anilines is 1. The van der Waals surface area contributed by atoms with Gasteiger partial charge < -0.3 is 15.0 Å². The number of amides is 1. The zero-order valence-electron chi connectivity index (χ0n) is 17.5. The topological polar surface area (TPSA) is 67.3 Å². The van der Waals surface area contributed by atoms with Crippen molar-refractivity contribution >= 4 is 22.6 Å². The van der Waals surface area contributed by atoms with Crippen LogP contribution in [0, 0.1) is 5.82 Å². The lowest BCUT2D eigenvalue weighted by Crippen LogP contribution is -2.35. The van der Waals surface area contributed by atoms with E-state index in [1.807, 2.05) is 35.2 Å². The molecular formula is C24H25FN4O2. The van der Waals surface area contributed by atoms with Crippen molar-refractivity contribution in [2.75, 3.05) is 19.0 Å². The second-order valence-electron chi connectivity index (χ2n) is 8.38. The van der Waals surface area contributed by atoms with Crippen LogP contribution in [0.15, 0.2) is 42.7 Å². The summed E-state index contributed by atoms with van der Waals surface area (Å²) < 4.78 is 19.9. The number of ether oxygens (including phenoxy) is 1. The second kappa shape index (κ2) is 8.23. The average Bonchev–Trinajstić information content (AvgIpc) is 3.68. The van der Waals surface area contributed by atoms with Gasteiger partial charge in [-0.3, -0.25) is 4.79 Å². The third kappa shape index (κ3) is 4.37. The summed E-state index contributed by atoms with van der Waals surface area (Å²) in [7, 11) is 1.54.